The molecule has 0 aliphatic carbocycles. The van der Waals surface area contributed by atoms with Gasteiger partial charge in [0.25, 0.3) is 0 Å². The van der Waals surface area contributed by atoms with Crippen molar-refractivity contribution < 1.29 is 13.7 Å². The van der Waals surface area contributed by atoms with Crippen LogP contribution in [-0.4, -0.2) is 75.1 Å². The van der Waals surface area contributed by atoms with Gasteiger partial charge in [0.1, 0.15) is 52.1 Å². The van der Waals surface area contributed by atoms with E-state index in [0.29, 0.717) is 0 Å². The van der Waals surface area contributed by atoms with Crippen molar-refractivity contribution in [2.24, 2.45) is 0 Å². The van der Waals surface area contributed by atoms with Crippen molar-refractivity contribution in [1.82, 2.24) is 0 Å². The van der Waals surface area contributed by atoms with Gasteiger partial charge < -0.3 is 13.7 Å². The molecule has 0 N–H and O–H groups in total. The van der Waals surface area contributed by atoms with Gasteiger partial charge in [0.2, 0.25) is 0 Å². The highest BCUT2D eigenvalue weighted by atomic mass is 27.0. The first kappa shape index (κ1) is 17.0. The topological polar surface area (TPSA) is 27.7 Å². The van der Waals surface area contributed by atoms with Crippen LogP contribution in [0.5, 0.6) is 0 Å². The van der Waals surface area contributed by atoms with E-state index in [9.17, 15) is 0 Å². The predicted octanol–water partition coefficient (Wildman–Crippen LogP) is -4.10. The first-order chi connectivity index (χ1) is 3.00. The lowest BCUT2D eigenvalue weighted by atomic mass is 10.1. The zero-order chi connectivity index (χ0) is 4.24. The average Bonchev–Trinajstić information content (AvgIpc) is 1.72. The first-order valence-corrected chi connectivity index (χ1v) is 1.41. The zero-order valence-electron chi connectivity index (χ0n) is 5.96. The van der Waals surface area contributed by atoms with E-state index >= 15 is 0 Å². The minimum atomic E-state index is 0. The van der Waals surface area contributed by atoms with Gasteiger partial charge in [-0.2, -0.15) is 0 Å². The summed E-state index contributed by atoms with van der Waals surface area (Å²) < 4.78 is 13.0. The van der Waals surface area contributed by atoms with Crippen molar-refractivity contribution in [3.8, 4) is 0 Å². The third kappa shape index (κ3) is 9.67. The molecule has 1 aliphatic rings. The van der Waals surface area contributed by atoms with Crippen LogP contribution in [-0.2, 0) is 13.7 Å². The van der Waals surface area contributed by atoms with Crippen LogP contribution in [0, 0.1) is 0 Å². The summed E-state index contributed by atoms with van der Waals surface area (Å²) in [4.78, 5) is 0. The number of hydrogen-bond donors (Lipinski definition) is 0. The first-order valence-electron chi connectivity index (χ1n) is 1.41. The fraction of sp³-hybridized carbons (Fsp3) is 0. The van der Waals surface area contributed by atoms with Crippen LogP contribution in [0.3, 0.4) is 0 Å². The fourth-order valence-electron chi connectivity index (χ4n) is 0.164. The molecule has 9 heavy (non-hydrogen) atoms. The van der Waals surface area contributed by atoms with Crippen LogP contribution in [0.15, 0.2) is 0 Å². The third-order valence-electron chi connectivity index (χ3n) is 0.333. The molecule has 1 aliphatic heterocycles. The van der Waals surface area contributed by atoms with E-state index in [2.05, 4.69) is 13.7 Å². The van der Waals surface area contributed by atoms with E-state index < -0.39 is 0 Å². The smallest absolute Gasteiger partial charge is 0.457 e. The van der Waals surface area contributed by atoms with Crippen molar-refractivity contribution in [1.29, 1.82) is 0 Å². The van der Waals surface area contributed by atoms with Gasteiger partial charge in [-0.25, -0.2) is 0 Å². The van der Waals surface area contributed by atoms with Gasteiger partial charge in [-0.3, -0.25) is 0 Å². The molecule has 6 radical (unpaired) electrons. The van der Waals surface area contributed by atoms with E-state index in [1.165, 1.54) is 0 Å². The summed E-state index contributed by atoms with van der Waals surface area (Å²) in [5, 5.41) is 0. The fourth-order valence-corrected chi connectivity index (χ4v) is 0.164. The lowest BCUT2D eigenvalue weighted by molar-refractivity contribution is 0.347. The van der Waals surface area contributed by atoms with Crippen molar-refractivity contribution in [3.05, 3.63) is 0 Å². The minimum Gasteiger partial charge on any atom is -0.457 e. The molecule has 0 unspecified atom stereocenters. The second kappa shape index (κ2) is 12.4. The molecule has 1 heterocycles. The largest absolute Gasteiger partial charge is 0.457 e. The van der Waals surface area contributed by atoms with Crippen LogP contribution in [0.1, 0.15) is 0 Å². The molecule has 0 atom stereocenters. The number of hydrogen-bond acceptors (Lipinski definition) is 3. The van der Waals surface area contributed by atoms with Gasteiger partial charge in [-0.05, 0) is 0 Å². The van der Waals surface area contributed by atoms with Crippen LogP contribution in [0.25, 0.3) is 0 Å². The van der Waals surface area contributed by atoms with Gasteiger partial charge in [0.05, 0.1) is 0 Å². The van der Waals surface area contributed by atoms with Crippen molar-refractivity contribution in [3.63, 3.8) is 0 Å². The van der Waals surface area contributed by atoms with E-state index in [1.54, 1.807) is 0 Å². The molecule has 9 heteroatoms. The zero-order valence-corrected chi connectivity index (χ0v) is 12.0. The van der Waals surface area contributed by atoms with E-state index in [4.69, 9.17) is 0 Å². The summed E-state index contributed by atoms with van der Waals surface area (Å²) in [6.07, 6.45) is 0. The highest BCUT2D eigenvalue weighted by Gasteiger charge is 2.05. The van der Waals surface area contributed by atoms with E-state index in [1.807, 2.05) is 0 Å². The summed E-state index contributed by atoms with van der Waals surface area (Å²) in [6.45, 7) is 0. The lowest BCUT2D eigenvalue weighted by Gasteiger charge is -2.05. The van der Waals surface area contributed by atoms with E-state index in [-0.39, 0.29) is 52.1 Å². The van der Waals surface area contributed by atoms with Crippen LogP contribution < -0.4 is 0 Å². The second-order valence-electron chi connectivity index (χ2n) is 0.697. The molecule has 0 aromatic rings. The van der Waals surface area contributed by atoms with Gasteiger partial charge in [0.15, 0.2) is 0 Å². The molecule has 0 spiro atoms. The number of rotatable bonds is 0. The van der Waals surface area contributed by atoms with Crippen molar-refractivity contribution in [2.75, 3.05) is 0 Å². The van der Waals surface area contributed by atoms with E-state index in [0.717, 1.165) is 23.1 Å². The lowest BCUT2D eigenvalue weighted by Crippen LogP contribution is -2.23. The van der Waals surface area contributed by atoms with Crippen molar-refractivity contribution >= 4 is 75.1 Å². The molecule has 42 valence electrons. The van der Waals surface area contributed by atoms with Gasteiger partial charge >= 0.3 is 23.1 Å². The Morgan fingerprint density at radius 2 is 0.778 bits per heavy atom. The molecule has 0 aromatic heterocycles. The monoisotopic (exact) mass is 168 g/mol. The summed E-state index contributed by atoms with van der Waals surface area (Å²) in [6, 6.07) is 0. The molecule has 0 amide bonds. The van der Waals surface area contributed by atoms with Crippen LogP contribution in [0.4, 0.5) is 0 Å². The summed E-state index contributed by atoms with van der Waals surface area (Å²) in [5.74, 6) is 0. The summed E-state index contributed by atoms with van der Waals surface area (Å²) in [7, 11) is 3.47. The van der Waals surface area contributed by atoms with Gasteiger partial charge in [-0.1, -0.05) is 0 Å². The molecule has 1 saturated heterocycles. The maximum atomic E-state index is 4.34. The SMILES string of the molecule is [AlH2].[AlH2].[AlH2].[B]1O[B]O[B]O1. The Kier molecular flexibility index (Phi) is 23.3. The Balaban J connectivity index is -0.000000120. The average molecular weight is 167 g/mol. The maximum Gasteiger partial charge on any atom is 0.457 e. The Bertz CT molecular complexity index is 29.8. The van der Waals surface area contributed by atoms with Crippen LogP contribution >= 0.6 is 0 Å². The maximum absolute atomic E-state index is 4.34. The Labute approximate surface area is 88.5 Å². The minimum absolute atomic E-state index is 0. The van der Waals surface area contributed by atoms with Gasteiger partial charge in [-0.15, -0.1) is 0 Å². The second-order valence-corrected chi connectivity index (χ2v) is 0.697. The summed E-state index contributed by atoms with van der Waals surface area (Å²) in [5.41, 5.74) is 0. The highest BCUT2D eigenvalue weighted by molar-refractivity contribution is 6.50. The van der Waals surface area contributed by atoms with Gasteiger partial charge in [0, 0.05) is 0 Å². The normalized spacial score (nSPS) is 13.3. The quantitative estimate of drug-likeness (QED) is 0.343. The molecular formula is H6Al3B3O3. The molecule has 3 nitrogen and oxygen atoms in total. The summed E-state index contributed by atoms with van der Waals surface area (Å²) >= 11 is 0. The Morgan fingerprint density at radius 3 is 0.889 bits per heavy atom. The van der Waals surface area contributed by atoms with Crippen molar-refractivity contribution in [2.45, 2.75) is 0 Å². The highest BCUT2D eigenvalue weighted by Crippen LogP contribution is 1.78. The van der Waals surface area contributed by atoms with Crippen LogP contribution in [0.2, 0.25) is 0 Å². The Morgan fingerprint density at radius 1 is 0.556 bits per heavy atom. The molecule has 1 fully saturated rings. The molecule has 0 aromatic carbocycles. The molecule has 0 bridgehead atoms. The standard InChI is InChI=1S/3Al.B3O3.6H/c;;;1-4-2-6-3-5-1;;;;;;. The third-order valence-corrected chi connectivity index (χ3v) is 0.333. The predicted molar refractivity (Wildman–Crippen MR) is 46.1 cm³/mol. The molecule has 1 rings (SSSR count). The Hall–Kier alpha value is 1.67. The molecular weight excluding hydrogens is 161 g/mol. The molecule has 0 saturated carbocycles.